The van der Waals surface area contributed by atoms with Crippen LogP contribution in [0.3, 0.4) is 0 Å². The molecule has 4 rings (SSSR count). The molecule has 2 atom stereocenters. The van der Waals surface area contributed by atoms with Crippen molar-refractivity contribution in [1.82, 2.24) is 15.5 Å². The number of nitrogens with one attached hydrogen (secondary N) is 2. The van der Waals surface area contributed by atoms with Gasteiger partial charge in [0.2, 0.25) is 11.8 Å². The number of aromatic nitrogens is 1. The fraction of sp³-hybridized carbons (Fsp3) is 0.292. The standard InChI is InChI=1S/C24H23Cl2N5O5S2/c25-15-1-2-16(26)17(7-15)37-12-19(33)29-20-22(34)31-21(24(35)36)14(11-38-23(20)31)10-30-5-3-13(4-6-30)9-28-18(32)8-27/h1-7,20,23H,8-12,27H2,(H2-,28,29,32,33,35,36)/p+1/t20-,23-/m1/s1. The van der Waals surface area contributed by atoms with Crippen molar-refractivity contribution in [2.24, 2.45) is 5.73 Å². The van der Waals surface area contributed by atoms with Crippen LogP contribution in [0.1, 0.15) is 5.56 Å². The molecule has 1 aromatic heterocycles. The van der Waals surface area contributed by atoms with Gasteiger partial charge in [0.05, 0.1) is 17.3 Å². The number of hydrogen-bond acceptors (Lipinski definition) is 7. The molecule has 0 unspecified atom stereocenters. The van der Waals surface area contributed by atoms with Gasteiger partial charge in [-0.1, -0.05) is 23.2 Å². The molecule has 0 saturated carbocycles. The summed E-state index contributed by atoms with van der Waals surface area (Å²) in [6.07, 6.45) is 3.55. The number of pyridine rings is 1. The number of rotatable bonds is 10. The highest BCUT2D eigenvalue weighted by Gasteiger charge is 2.54. The summed E-state index contributed by atoms with van der Waals surface area (Å²) in [5, 5.41) is 15.8. The molecule has 0 bridgehead atoms. The van der Waals surface area contributed by atoms with Gasteiger partial charge in [-0.15, -0.1) is 23.5 Å². The van der Waals surface area contributed by atoms with Crippen molar-refractivity contribution in [3.63, 3.8) is 0 Å². The van der Waals surface area contributed by atoms with Gasteiger partial charge in [0.25, 0.3) is 5.91 Å². The minimum absolute atomic E-state index is 0.0244. The zero-order valence-electron chi connectivity index (χ0n) is 19.9. The number of carboxylic acid groups (broad SMARTS) is 1. The highest BCUT2D eigenvalue weighted by molar-refractivity contribution is 8.00. The number of β-lactam (4-membered cyclic amide) rings is 1. The van der Waals surface area contributed by atoms with Crippen LogP contribution in [0.2, 0.25) is 10.0 Å². The summed E-state index contributed by atoms with van der Waals surface area (Å²) >= 11 is 14.7. The zero-order chi connectivity index (χ0) is 27.4. The van der Waals surface area contributed by atoms with E-state index >= 15 is 0 Å². The Morgan fingerprint density at radius 1 is 1.18 bits per heavy atom. The number of nitrogens with two attached hydrogens (primary N) is 1. The number of hydrogen-bond donors (Lipinski definition) is 4. The smallest absolute Gasteiger partial charge is 0.352 e. The summed E-state index contributed by atoms with van der Waals surface area (Å²) in [5.41, 5.74) is 6.67. The molecule has 1 saturated heterocycles. The maximum Gasteiger partial charge on any atom is 0.352 e. The van der Waals surface area contributed by atoms with E-state index in [2.05, 4.69) is 10.6 Å². The quantitative estimate of drug-likeness (QED) is 0.183. The molecule has 14 heteroatoms. The number of nitrogens with zero attached hydrogens (tertiary/aromatic N) is 2. The molecule has 200 valence electrons. The summed E-state index contributed by atoms with van der Waals surface area (Å²) in [5.74, 6) is -1.88. The van der Waals surface area contributed by atoms with Crippen molar-refractivity contribution in [2.75, 3.05) is 18.1 Å². The van der Waals surface area contributed by atoms with Gasteiger partial charge in [-0.05, 0) is 23.8 Å². The maximum absolute atomic E-state index is 12.9. The van der Waals surface area contributed by atoms with Crippen molar-refractivity contribution < 1.29 is 28.9 Å². The lowest BCUT2D eigenvalue weighted by Crippen LogP contribution is -2.70. The molecular weight excluding hydrogens is 573 g/mol. The van der Waals surface area contributed by atoms with E-state index < -0.39 is 23.3 Å². The second-order valence-electron chi connectivity index (χ2n) is 8.44. The predicted octanol–water partition coefficient (Wildman–Crippen LogP) is 1.39. The average molecular weight is 598 g/mol. The molecule has 10 nitrogen and oxygen atoms in total. The Bertz CT molecular complexity index is 1310. The van der Waals surface area contributed by atoms with Crippen LogP contribution in [0.15, 0.2) is 58.9 Å². The minimum atomic E-state index is -1.20. The second kappa shape index (κ2) is 12.4. The number of amides is 3. The lowest BCUT2D eigenvalue weighted by molar-refractivity contribution is -0.689. The van der Waals surface area contributed by atoms with Crippen molar-refractivity contribution >= 4 is 70.4 Å². The normalized spacial score (nSPS) is 18.5. The molecular formula is C24H24Cl2N5O5S2+. The maximum atomic E-state index is 12.9. The monoisotopic (exact) mass is 596 g/mol. The van der Waals surface area contributed by atoms with Gasteiger partial charge in [0.1, 0.15) is 17.1 Å². The molecule has 1 aromatic carbocycles. The zero-order valence-corrected chi connectivity index (χ0v) is 23.0. The number of aliphatic carboxylic acids is 1. The highest BCUT2D eigenvalue weighted by Crippen LogP contribution is 2.40. The van der Waals surface area contributed by atoms with E-state index in [1.54, 1.807) is 35.2 Å². The van der Waals surface area contributed by atoms with Crippen LogP contribution in [-0.2, 0) is 32.3 Å². The molecule has 38 heavy (non-hydrogen) atoms. The molecule has 2 aromatic rings. The first-order valence-electron chi connectivity index (χ1n) is 11.4. The Morgan fingerprint density at radius 3 is 2.61 bits per heavy atom. The van der Waals surface area contributed by atoms with Crippen molar-refractivity contribution in [3.8, 4) is 0 Å². The van der Waals surface area contributed by atoms with Crippen molar-refractivity contribution in [3.05, 3.63) is 69.6 Å². The molecule has 0 radical (unpaired) electrons. The van der Waals surface area contributed by atoms with Gasteiger partial charge in [-0.25, -0.2) is 9.36 Å². The lowest BCUT2D eigenvalue weighted by atomic mass is 10.0. The third kappa shape index (κ3) is 6.44. The summed E-state index contributed by atoms with van der Waals surface area (Å²) < 4.78 is 1.80. The van der Waals surface area contributed by atoms with Gasteiger partial charge in [0, 0.05) is 39.9 Å². The van der Waals surface area contributed by atoms with Gasteiger partial charge >= 0.3 is 5.97 Å². The van der Waals surface area contributed by atoms with Crippen LogP contribution in [0, 0.1) is 0 Å². The molecule has 2 aliphatic rings. The van der Waals surface area contributed by atoms with Crippen LogP contribution < -0.4 is 20.9 Å². The summed E-state index contributed by atoms with van der Waals surface area (Å²) in [6.45, 7) is 0.514. The second-order valence-corrected chi connectivity index (χ2v) is 11.4. The van der Waals surface area contributed by atoms with E-state index in [1.165, 1.54) is 28.4 Å². The van der Waals surface area contributed by atoms with Crippen molar-refractivity contribution in [2.45, 2.75) is 29.4 Å². The van der Waals surface area contributed by atoms with Crippen molar-refractivity contribution in [1.29, 1.82) is 0 Å². The Labute approximate surface area is 236 Å². The van der Waals surface area contributed by atoms with Gasteiger partial charge in [0.15, 0.2) is 18.9 Å². The van der Waals surface area contributed by atoms with E-state index in [4.69, 9.17) is 28.9 Å². The van der Waals surface area contributed by atoms with E-state index in [1.807, 2.05) is 12.1 Å². The van der Waals surface area contributed by atoms with Gasteiger partial charge in [-0.3, -0.25) is 19.3 Å². The number of carbonyl (C=O) groups excluding carboxylic acids is 3. The van der Waals surface area contributed by atoms with Crippen LogP contribution >= 0.6 is 46.7 Å². The Morgan fingerprint density at radius 2 is 1.92 bits per heavy atom. The molecule has 3 amide bonds. The average Bonchev–Trinajstić information content (AvgIpc) is 2.91. The highest BCUT2D eigenvalue weighted by atomic mass is 35.5. The fourth-order valence-electron chi connectivity index (χ4n) is 3.96. The molecule has 0 spiro atoms. The first-order chi connectivity index (χ1) is 18.2. The van der Waals surface area contributed by atoms with Gasteiger partial charge in [-0.2, -0.15) is 0 Å². The largest absolute Gasteiger partial charge is 0.477 e. The number of carboxylic acids is 1. The number of benzene rings is 1. The topological polar surface area (TPSA) is 146 Å². The van der Waals surface area contributed by atoms with Crippen LogP contribution in [0.4, 0.5) is 0 Å². The number of fused-ring (bicyclic) bond motifs is 1. The third-order valence-corrected chi connectivity index (χ3v) is 8.90. The van der Waals surface area contributed by atoms with Crippen LogP contribution in [0.25, 0.3) is 0 Å². The number of carbonyl (C=O) groups is 4. The Kier molecular flexibility index (Phi) is 9.21. The first kappa shape index (κ1) is 28.2. The summed E-state index contributed by atoms with van der Waals surface area (Å²) in [4.78, 5) is 50.8. The third-order valence-electron chi connectivity index (χ3n) is 5.83. The minimum Gasteiger partial charge on any atom is -0.477 e. The predicted molar refractivity (Wildman–Crippen MR) is 144 cm³/mol. The summed E-state index contributed by atoms with van der Waals surface area (Å²) in [6, 6.07) is 7.76. The van der Waals surface area contributed by atoms with Crippen LogP contribution in [-0.4, -0.2) is 63.2 Å². The first-order valence-corrected chi connectivity index (χ1v) is 14.2. The van der Waals surface area contributed by atoms with E-state index in [-0.39, 0.29) is 36.4 Å². The SMILES string of the molecule is NCC(=O)NCc1cc[n+](CC2=C(C(=O)O)N3C(=O)[C@@H](NC(=O)CSc4cc(Cl)ccc4Cl)[C@H]3SC2)cc1. The van der Waals surface area contributed by atoms with E-state index in [0.717, 1.165) is 5.56 Å². The molecule has 3 heterocycles. The lowest BCUT2D eigenvalue weighted by Gasteiger charge is -2.49. The van der Waals surface area contributed by atoms with Gasteiger partial charge < -0.3 is 21.5 Å². The van der Waals surface area contributed by atoms with E-state index in [0.29, 0.717) is 32.8 Å². The Balaban J connectivity index is 1.38. The molecule has 0 aliphatic carbocycles. The molecule has 5 N–H and O–H groups in total. The molecule has 1 fully saturated rings. The number of thioether (sulfide) groups is 2. The van der Waals surface area contributed by atoms with E-state index in [9.17, 15) is 24.3 Å². The molecule has 2 aliphatic heterocycles. The number of halogens is 2. The fourth-order valence-corrected chi connectivity index (χ4v) is 6.60. The summed E-state index contributed by atoms with van der Waals surface area (Å²) in [7, 11) is 0. The Hall–Kier alpha value is -2.77. The van der Waals surface area contributed by atoms with Crippen LogP contribution in [0.5, 0.6) is 0 Å².